The van der Waals surface area contributed by atoms with Crippen LogP contribution >= 0.6 is 0 Å². The van der Waals surface area contributed by atoms with Crippen molar-refractivity contribution in [3.05, 3.63) is 0 Å². The first-order chi connectivity index (χ1) is 8.65. The standard InChI is InChI=1S/C13H22N2O3/c1-3-5-7-12(16)15(10-6-9-14)11-8-13(17)18-4-2/h3-8,10-11H2,1-2H3. The highest BCUT2D eigenvalue weighted by Crippen LogP contribution is 2.03. The van der Waals surface area contributed by atoms with Crippen LogP contribution in [-0.2, 0) is 14.3 Å². The molecule has 1 amide bonds. The van der Waals surface area contributed by atoms with Crippen molar-refractivity contribution in [2.75, 3.05) is 19.7 Å². The number of carbonyl (C=O) groups is 2. The molecule has 0 fully saturated rings. The van der Waals surface area contributed by atoms with Crippen LogP contribution in [0, 0.1) is 11.3 Å². The zero-order valence-corrected chi connectivity index (χ0v) is 11.3. The van der Waals surface area contributed by atoms with Gasteiger partial charge < -0.3 is 9.64 Å². The molecular weight excluding hydrogens is 232 g/mol. The summed E-state index contributed by atoms with van der Waals surface area (Å²) in [6, 6.07) is 2.01. The third-order valence-corrected chi connectivity index (χ3v) is 2.48. The number of nitriles is 1. The molecular formula is C13H22N2O3. The Hall–Kier alpha value is -1.57. The van der Waals surface area contributed by atoms with Crippen molar-refractivity contribution < 1.29 is 14.3 Å². The molecule has 0 aromatic carbocycles. The number of nitrogens with zero attached hydrogens (tertiary/aromatic N) is 2. The van der Waals surface area contributed by atoms with E-state index in [9.17, 15) is 9.59 Å². The highest BCUT2D eigenvalue weighted by molar-refractivity contribution is 5.77. The molecule has 5 heteroatoms. The van der Waals surface area contributed by atoms with Gasteiger partial charge in [0.1, 0.15) is 0 Å². The van der Waals surface area contributed by atoms with Crippen molar-refractivity contribution in [3.63, 3.8) is 0 Å². The number of rotatable bonds is 9. The van der Waals surface area contributed by atoms with Gasteiger partial charge in [0.15, 0.2) is 0 Å². The molecule has 102 valence electrons. The first-order valence-corrected chi connectivity index (χ1v) is 6.46. The van der Waals surface area contributed by atoms with Crippen LogP contribution < -0.4 is 0 Å². The Morgan fingerprint density at radius 3 is 2.50 bits per heavy atom. The molecule has 0 rings (SSSR count). The zero-order valence-electron chi connectivity index (χ0n) is 11.3. The molecule has 0 aliphatic heterocycles. The highest BCUT2D eigenvalue weighted by atomic mass is 16.5. The lowest BCUT2D eigenvalue weighted by molar-refractivity contribution is -0.144. The number of amides is 1. The average Bonchev–Trinajstić information content (AvgIpc) is 2.36. The summed E-state index contributed by atoms with van der Waals surface area (Å²) in [4.78, 5) is 24.7. The van der Waals surface area contributed by atoms with E-state index in [0.717, 1.165) is 12.8 Å². The fourth-order valence-electron chi connectivity index (χ4n) is 1.49. The second-order valence-electron chi connectivity index (χ2n) is 3.95. The van der Waals surface area contributed by atoms with Gasteiger partial charge in [-0.3, -0.25) is 9.59 Å². The van der Waals surface area contributed by atoms with Gasteiger partial charge in [-0.1, -0.05) is 13.3 Å². The van der Waals surface area contributed by atoms with Crippen LogP contribution in [-0.4, -0.2) is 36.5 Å². The summed E-state index contributed by atoms with van der Waals surface area (Å²) in [5.41, 5.74) is 0. The lowest BCUT2D eigenvalue weighted by Gasteiger charge is -2.21. The fraction of sp³-hybridized carbons (Fsp3) is 0.769. The smallest absolute Gasteiger partial charge is 0.307 e. The normalized spacial score (nSPS) is 9.61. The lowest BCUT2D eigenvalue weighted by Crippen LogP contribution is -2.33. The summed E-state index contributed by atoms with van der Waals surface area (Å²) in [5.74, 6) is -0.292. The van der Waals surface area contributed by atoms with E-state index in [4.69, 9.17) is 10.00 Å². The molecule has 0 radical (unpaired) electrons. The molecule has 0 atom stereocenters. The van der Waals surface area contributed by atoms with Gasteiger partial charge in [-0.15, -0.1) is 0 Å². The Labute approximate surface area is 109 Å². The molecule has 0 aromatic rings. The van der Waals surface area contributed by atoms with Crippen LogP contribution in [0.3, 0.4) is 0 Å². The van der Waals surface area contributed by atoms with Gasteiger partial charge >= 0.3 is 5.97 Å². The molecule has 0 aliphatic rings. The van der Waals surface area contributed by atoms with Crippen molar-refractivity contribution in [3.8, 4) is 6.07 Å². The predicted molar refractivity (Wildman–Crippen MR) is 67.6 cm³/mol. The Morgan fingerprint density at radius 1 is 1.22 bits per heavy atom. The summed E-state index contributed by atoms with van der Waals surface area (Å²) in [6.07, 6.45) is 2.75. The molecule has 5 nitrogen and oxygen atoms in total. The highest BCUT2D eigenvalue weighted by Gasteiger charge is 2.14. The van der Waals surface area contributed by atoms with E-state index in [2.05, 4.69) is 0 Å². The summed E-state index contributed by atoms with van der Waals surface area (Å²) < 4.78 is 4.82. The number of ether oxygens (including phenoxy) is 1. The van der Waals surface area contributed by atoms with Crippen molar-refractivity contribution in [2.24, 2.45) is 0 Å². The molecule has 0 saturated carbocycles. The number of unbranched alkanes of at least 4 members (excludes halogenated alkanes) is 1. The van der Waals surface area contributed by atoms with Gasteiger partial charge in [-0.05, 0) is 13.3 Å². The van der Waals surface area contributed by atoms with E-state index < -0.39 is 0 Å². The molecule has 0 bridgehead atoms. The summed E-state index contributed by atoms with van der Waals surface area (Å²) >= 11 is 0. The zero-order chi connectivity index (χ0) is 13.8. The van der Waals surface area contributed by atoms with Crippen molar-refractivity contribution >= 4 is 11.9 Å². The number of carbonyl (C=O) groups excluding carboxylic acids is 2. The molecule has 0 aromatic heterocycles. The first-order valence-electron chi connectivity index (χ1n) is 6.46. The molecule has 0 heterocycles. The van der Waals surface area contributed by atoms with Gasteiger partial charge in [0, 0.05) is 19.5 Å². The van der Waals surface area contributed by atoms with Crippen molar-refractivity contribution in [2.45, 2.75) is 46.0 Å². The Bertz CT molecular complexity index is 297. The van der Waals surface area contributed by atoms with E-state index in [-0.39, 0.29) is 18.3 Å². The minimum Gasteiger partial charge on any atom is -0.466 e. The maximum absolute atomic E-state index is 11.8. The monoisotopic (exact) mass is 254 g/mol. The maximum atomic E-state index is 11.8. The molecule has 0 unspecified atom stereocenters. The van der Waals surface area contributed by atoms with Crippen molar-refractivity contribution in [1.29, 1.82) is 5.26 Å². The SMILES string of the molecule is CCCCC(=O)N(CCC#N)CCC(=O)OCC. The van der Waals surface area contributed by atoms with Crippen LogP contribution in [0.25, 0.3) is 0 Å². The Morgan fingerprint density at radius 2 is 1.94 bits per heavy atom. The second-order valence-corrected chi connectivity index (χ2v) is 3.95. The lowest BCUT2D eigenvalue weighted by atomic mass is 10.2. The molecule has 0 spiro atoms. The minimum atomic E-state index is -0.303. The summed E-state index contributed by atoms with van der Waals surface area (Å²) in [7, 11) is 0. The van der Waals surface area contributed by atoms with E-state index in [1.807, 2.05) is 13.0 Å². The quantitative estimate of drug-likeness (QED) is 0.589. The summed E-state index contributed by atoms with van der Waals surface area (Å²) in [6.45, 7) is 4.84. The van der Waals surface area contributed by atoms with Gasteiger partial charge in [0.05, 0.1) is 25.5 Å². The van der Waals surface area contributed by atoms with Crippen LogP contribution in [0.2, 0.25) is 0 Å². The Kier molecular flexibility index (Phi) is 9.65. The molecule has 0 saturated heterocycles. The summed E-state index contributed by atoms with van der Waals surface area (Å²) in [5, 5.41) is 8.56. The fourth-order valence-corrected chi connectivity index (χ4v) is 1.49. The largest absolute Gasteiger partial charge is 0.466 e. The van der Waals surface area contributed by atoms with E-state index in [1.165, 1.54) is 0 Å². The van der Waals surface area contributed by atoms with Gasteiger partial charge in [0.2, 0.25) is 5.91 Å². The van der Waals surface area contributed by atoms with Gasteiger partial charge in [0.25, 0.3) is 0 Å². The average molecular weight is 254 g/mol. The first kappa shape index (κ1) is 16.4. The topological polar surface area (TPSA) is 70.4 Å². The third kappa shape index (κ3) is 7.66. The van der Waals surface area contributed by atoms with Crippen LogP contribution in [0.5, 0.6) is 0 Å². The predicted octanol–water partition coefficient (Wildman–Crippen LogP) is 1.87. The minimum absolute atomic E-state index is 0.0106. The van der Waals surface area contributed by atoms with Gasteiger partial charge in [-0.25, -0.2) is 0 Å². The Balaban J connectivity index is 4.17. The number of esters is 1. The van der Waals surface area contributed by atoms with E-state index >= 15 is 0 Å². The third-order valence-electron chi connectivity index (χ3n) is 2.48. The van der Waals surface area contributed by atoms with Crippen molar-refractivity contribution in [1.82, 2.24) is 4.90 Å². The number of hydrogen-bond donors (Lipinski definition) is 0. The van der Waals surface area contributed by atoms with E-state index in [0.29, 0.717) is 32.5 Å². The number of hydrogen-bond acceptors (Lipinski definition) is 4. The molecule has 18 heavy (non-hydrogen) atoms. The molecule has 0 aliphatic carbocycles. The van der Waals surface area contributed by atoms with Crippen LogP contribution in [0.4, 0.5) is 0 Å². The second kappa shape index (κ2) is 10.6. The maximum Gasteiger partial charge on any atom is 0.307 e. The molecule has 0 N–H and O–H groups in total. The van der Waals surface area contributed by atoms with Crippen LogP contribution in [0.1, 0.15) is 46.0 Å². The van der Waals surface area contributed by atoms with E-state index in [1.54, 1.807) is 11.8 Å². The van der Waals surface area contributed by atoms with Crippen LogP contribution in [0.15, 0.2) is 0 Å². The van der Waals surface area contributed by atoms with Gasteiger partial charge in [-0.2, -0.15) is 5.26 Å².